The van der Waals surface area contributed by atoms with Gasteiger partial charge >= 0.3 is 0 Å². The lowest BCUT2D eigenvalue weighted by molar-refractivity contribution is -0.121. The zero-order valence-corrected chi connectivity index (χ0v) is 13.9. The van der Waals surface area contributed by atoms with Gasteiger partial charge in [-0.1, -0.05) is 0 Å². The molecule has 1 atom stereocenters. The van der Waals surface area contributed by atoms with Crippen LogP contribution in [0, 0.1) is 5.82 Å². The molecule has 0 aromatic heterocycles. The Bertz CT molecular complexity index is 548. The van der Waals surface area contributed by atoms with Crippen molar-refractivity contribution in [3.63, 3.8) is 0 Å². The molecule has 1 aliphatic rings. The molecule has 0 radical (unpaired) electrons. The number of carbonyl (C=O) groups excluding carboxylic acids is 2. The van der Waals surface area contributed by atoms with Gasteiger partial charge in [0.15, 0.2) is 17.3 Å². The molecule has 1 unspecified atom stereocenters. The van der Waals surface area contributed by atoms with Crippen LogP contribution in [0.3, 0.4) is 0 Å². The normalized spacial score (nSPS) is 17.0. The summed E-state index contributed by atoms with van der Waals surface area (Å²) < 4.78 is 18.4. The van der Waals surface area contributed by atoms with E-state index in [-0.39, 0.29) is 54.3 Å². The minimum atomic E-state index is -0.578. The second kappa shape index (κ2) is 9.47. The van der Waals surface area contributed by atoms with Crippen LogP contribution in [-0.4, -0.2) is 37.9 Å². The first-order valence-electron chi connectivity index (χ1n) is 7.47. The van der Waals surface area contributed by atoms with E-state index in [9.17, 15) is 14.0 Å². The molecule has 128 valence electrons. The van der Waals surface area contributed by atoms with Crippen LogP contribution in [0.4, 0.5) is 4.39 Å². The van der Waals surface area contributed by atoms with E-state index in [1.54, 1.807) is 0 Å². The highest BCUT2D eigenvalue weighted by atomic mass is 35.5. The Hall–Kier alpha value is -1.66. The standard InChI is InChI=1S/C16H21FN2O3.ClH/c1-22-15-6-4-11(9-13(15)17)14(20)5-7-16(21)19-12-3-2-8-18-10-12;/h4,6,9,12,18H,2-3,5,7-8,10H2,1H3,(H,19,21);1H. The van der Waals surface area contributed by atoms with Gasteiger partial charge in [0.05, 0.1) is 7.11 Å². The van der Waals surface area contributed by atoms with Crippen molar-refractivity contribution in [3.8, 4) is 5.75 Å². The molecule has 0 saturated carbocycles. The average Bonchev–Trinajstić information content (AvgIpc) is 2.53. The van der Waals surface area contributed by atoms with E-state index in [0.29, 0.717) is 0 Å². The topological polar surface area (TPSA) is 67.4 Å². The highest BCUT2D eigenvalue weighted by Gasteiger charge is 2.17. The molecule has 1 aromatic carbocycles. The van der Waals surface area contributed by atoms with Crippen LogP contribution in [0.2, 0.25) is 0 Å². The van der Waals surface area contributed by atoms with E-state index in [2.05, 4.69) is 10.6 Å². The van der Waals surface area contributed by atoms with Gasteiger partial charge in [-0.25, -0.2) is 4.39 Å². The number of hydrogen-bond acceptors (Lipinski definition) is 4. The monoisotopic (exact) mass is 344 g/mol. The van der Waals surface area contributed by atoms with Crippen molar-refractivity contribution in [1.82, 2.24) is 10.6 Å². The molecule has 2 N–H and O–H groups in total. The third-order valence-corrected chi connectivity index (χ3v) is 3.71. The summed E-state index contributed by atoms with van der Waals surface area (Å²) in [5.74, 6) is -0.875. The summed E-state index contributed by atoms with van der Waals surface area (Å²) in [6.45, 7) is 1.75. The first-order chi connectivity index (χ1) is 10.6. The third-order valence-electron chi connectivity index (χ3n) is 3.71. The van der Waals surface area contributed by atoms with E-state index in [1.165, 1.54) is 19.2 Å². The van der Waals surface area contributed by atoms with Gasteiger partial charge in [0, 0.05) is 31.0 Å². The molecule has 2 rings (SSSR count). The smallest absolute Gasteiger partial charge is 0.220 e. The molecule has 0 aliphatic carbocycles. The van der Waals surface area contributed by atoms with E-state index >= 15 is 0 Å². The maximum Gasteiger partial charge on any atom is 0.220 e. The average molecular weight is 345 g/mol. The van der Waals surface area contributed by atoms with E-state index < -0.39 is 5.82 Å². The minimum Gasteiger partial charge on any atom is -0.494 e. The van der Waals surface area contributed by atoms with Crippen LogP contribution in [0.1, 0.15) is 36.0 Å². The second-order valence-electron chi connectivity index (χ2n) is 5.38. The lowest BCUT2D eigenvalue weighted by Gasteiger charge is -2.23. The van der Waals surface area contributed by atoms with Gasteiger partial charge in [-0.15, -0.1) is 12.4 Å². The van der Waals surface area contributed by atoms with Gasteiger partial charge in [-0.2, -0.15) is 0 Å². The molecular weight excluding hydrogens is 323 g/mol. The Balaban J connectivity index is 0.00000264. The van der Waals surface area contributed by atoms with Crippen LogP contribution in [0.5, 0.6) is 5.75 Å². The first-order valence-corrected chi connectivity index (χ1v) is 7.47. The zero-order valence-electron chi connectivity index (χ0n) is 13.1. The molecular formula is C16H22ClFN2O3. The second-order valence-corrected chi connectivity index (χ2v) is 5.38. The molecule has 23 heavy (non-hydrogen) atoms. The fourth-order valence-corrected chi connectivity index (χ4v) is 2.49. The number of Topliss-reactive ketones (excluding diaryl/α,β-unsaturated/α-hetero) is 1. The van der Waals surface area contributed by atoms with Gasteiger partial charge in [-0.05, 0) is 37.6 Å². The maximum atomic E-state index is 13.6. The molecule has 1 amide bonds. The Kier molecular flexibility index (Phi) is 7.98. The summed E-state index contributed by atoms with van der Waals surface area (Å²) in [7, 11) is 1.37. The molecule has 1 aliphatic heterocycles. The number of nitrogens with one attached hydrogen (secondary N) is 2. The number of ether oxygens (including phenoxy) is 1. The highest BCUT2D eigenvalue weighted by Crippen LogP contribution is 2.18. The number of halogens is 2. The predicted octanol–water partition coefficient (Wildman–Crippen LogP) is 2.09. The lowest BCUT2D eigenvalue weighted by atomic mass is 10.0. The Morgan fingerprint density at radius 1 is 1.39 bits per heavy atom. The zero-order chi connectivity index (χ0) is 15.9. The van der Waals surface area contributed by atoms with Crippen LogP contribution in [0.25, 0.3) is 0 Å². The highest BCUT2D eigenvalue weighted by molar-refractivity contribution is 5.98. The molecule has 7 heteroatoms. The Morgan fingerprint density at radius 2 is 2.17 bits per heavy atom. The van der Waals surface area contributed by atoms with Crippen LogP contribution in [0.15, 0.2) is 18.2 Å². The van der Waals surface area contributed by atoms with E-state index in [4.69, 9.17) is 4.74 Å². The van der Waals surface area contributed by atoms with Crippen molar-refractivity contribution in [2.24, 2.45) is 0 Å². The van der Waals surface area contributed by atoms with Crippen molar-refractivity contribution in [3.05, 3.63) is 29.6 Å². The van der Waals surface area contributed by atoms with Crippen molar-refractivity contribution >= 4 is 24.1 Å². The van der Waals surface area contributed by atoms with Gasteiger partial charge in [0.25, 0.3) is 0 Å². The minimum absolute atomic E-state index is 0. The summed E-state index contributed by atoms with van der Waals surface area (Å²) in [5, 5.41) is 6.12. The van der Waals surface area contributed by atoms with Gasteiger partial charge in [0.1, 0.15) is 0 Å². The van der Waals surface area contributed by atoms with Crippen molar-refractivity contribution in [1.29, 1.82) is 0 Å². The summed E-state index contributed by atoms with van der Waals surface area (Å²) >= 11 is 0. The summed E-state index contributed by atoms with van der Waals surface area (Å²) in [4.78, 5) is 23.8. The van der Waals surface area contributed by atoms with E-state index in [1.807, 2.05) is 0 Å². The fraction of sp³-hybridized carbons (Fsp3) is 0.500. The number of ketones is 1. The number of benzene rings is 1. The number of hydrogen-bond donors (Lipinski definition) is 2. The number of piperidine rings is 1. The molecule has 0 spiro atoms. The lowest BCUT2D eigenvalue weighted by Crippen LogP contribution is -2.45. The third kappa shape index (κ3) is 5.80. The summed E-state index contributed by atoms with van der Waals surface area (Å²) in [5.41, 5.74) is 0.255. The van der Waals surface area contributed by atoms with Crippen LogP contribution in [-0.2, 0) is 4.79 Å². The predicted molar refractivity (Wildman–Crippen MR) is 87.8 cm³/mol. The fourth-order valence-electron chi connectivity index (χ4n) is 2.49. The molecule has 0 bridgehead atoms. The summed E-state index contributed by atoms with van der Waals surface area (Å²) in [6, 6.07) is 4.20. The number of amides is 1. The maximum absolute atomic E-state index is 13.6. The van der Waals surface area contributed by atoms with Crippen molar-refractivity contribution < 1.29 is 18.7 Å². The van der Waals surface area contributed by atoms with Gasteiger partial charge < -0.3 is 15.4 Å². The Morgan fingerprint density at radius 3 is 2.78 bits per heavy atom. The molecule has 1 saturated heterocycles. The quantitative estimate of drug-likeness (QED) is 0.775. The largest absolute Gasteiger partial charge is 0.494 e. The number of carbonyl (C=O) groups is 2. The van der Waals surface area contributed by atoms with Crippen molar-refractivity contribution in [2.75, 3.05) is 20.2 Å². The summed E-state index contributed by atoms with van der Waals surface area (Å²) in [6.07, 6.45) is 2.17. The van der Waals surface area contributed by atoms with E-state index in [0.717, 1.165) is 32.0 Å². The number of methoxy groups -OCH3 is 1. The van der Waals surface area contributed by atoms with Crippen LogP contribution >= 0.6 is 12.4 Å². The molecule has 5 nitrogen and oxygen atoms in total. The van der Waals surface area contributed by atoms with Crippen molar-refractivity contribution in [2.45, 2.75) is 31.7 Å². The Labute approximate surface area is 141 Å². The number of rotatable bonds is 6. The first kappa shape index (κ1) is 19.4. The molecule has 1 aromatic rings. The molecule has 1 fully saturated rings. The van der Waals surface area contributed by atoms with Crippen LogP contribution < -0.4 is 15.4 Å². The van der Waals surface area contributed by atoms with Gasteiger partial charge in [0.2, 0.25) is 5.91 Å². The van der Waals surface area contributed by atoms with Gasteiger partial charge in [-0.3, -0.25) is 9.59 Å². The SMILES string of the molecule is COc1ccc(C(=O)CCC(=O)NC2CCCNC2)cc1F.Cl. The molecule has 1 heterocycles.